The topological polar surface area (TPSA) is 34.4 Å². The summed E-state index contributed by atoms with van der Waals surface area (Å²) in [6.45, 7) is 10.8. The fraction of sp³-hybridized carbons (Fsp3) is 0.583. The Kier molecular flexibility index (Phi) is 6.44. The summed E-state index contributed by atoms with van der Waals surface area (Å²) in [5.74, 6) is 1.57. The summed E-state index contributed by atoms with van der Waals surface area (Å²) in [5, 5.41) is 3.77. The first-order valence-corrected chi connectivity index (χ1v) is 10.3. The molecule has 2 heterocycles. The average molecular weight is 370 g/mol. The van der Waals surface area contributed by atoms with Crippen molar-refractivity contribution in [2.75, 3.05) is 6.61 Å². The molecule has 1 aliphatic heterocycles. The number of hydrogen-bond donors (Lipinski definition) is 1. The van der Waals surface area contributed by atoms with Crippen LogP contribution in [0.3, 0.4) is 0 Å². The predicted octanol–water partition coefficient (Wildman–Crippen LogP) is 5.60. The zero-order valence-corrected chi connectivity index (χ0v) is 17.3. The van der Waals surface area contributed by atoms with Crippen molar-refractivity contribution in [3.8, 4) is 0 Å². The molecular weight excluding hydrogens is 334 g/mol. The van der Waals surface area contributed by atoms with Gasteiger partial charge in [-0.25, -0.2) is 0 Å². The SMILES string of the molecule is CC(C)C(CC1(Cc2ccccc2)CCOC(C)(C)C1)NCc1ccco1. The third kappa shape index (κ3) is 5.70. The van der Waals surface area contributed by atoms with E-state index in [4.69, 9.17) is 9.15 Å². The summed E-state index contributed by atoms with van der Waals surface area (Å²) in [6, 6.07) is 15.4. The van der Waals surface area contributed by atoms with Crippen LogP contribution >= 0.6 is 0 Å². The second-order valence-corrected chi connectivity index (χ2v) is 9.21. The number of benzene rings is 1. The Morgan fingerprint density at radius 1 is 1.07 bits per heavy atom. The molecule has 3 heteroatoms. The van der Waals surface area contributed by atoms with Gasteiger partial charge in [-0.05, 0) is 68.6 Å². The van der Waals surface area contributed by atoms with E-state index in [2.05, 4.69) is 63.3 Å². The molecule has 1 N–H and O–H groups in total. The van der Waals surface area contributed by atoms with Gasteiger partial charge in [0.2, 0.25) is 0 Å². The van der Waals surface area contributed by atoms with E-state index < -0.39 is 0 Å². The minimum Gasteiger partial charge on any atom is -0.468 e. The standard InChI is InChI=1S/C24H35NO2/c1-19(2)22(25-17-21-11-8-13-26-21)16-24(12-14-27-23(3,4)18-24)15-20-9-6-5-7-10-20/h5-11,13,19,22,25H,12,14-18H2,1-4H3. The normalized spacial score (nSPS) is 23.4. The molecule has 1 aromatic carbocycles. The van der Waals surface area contributed by atoms with Gasteiger partial charge >= 0.3 is 0 Å². The first-order chi connectivity index (χ1) is 12.9. The molecule has 2 atom stereocenters. The number of hydrogen-bond acceptors (Lipinski definition) is 3. The van der Waals surface area contributed by atoms with Crippen LogP contribution in [0.1, 0.15) is 58.3 Å². The lowest BCUT2D eigenvalue weighted by atomic mass is 9.66. The quantitative estimate of drug-likeness (QED) is 0.657. The molecule has 1 aliphatic rings. The molecule has 0 amide bonds. The van der Waals surface area contributed by atoms with Crippen LogP contribution in [0, 0.1) is 11.3 Å². The van der Waals surface area contributed by atoms with Crippen molar-refractivity contribution in [3.05, 3.63) is 60.1 Å². The smallest absolute Gasteiger partial charge is 0.117 e. The molecule has 3 rings (SSSR count). The molecule has 2 unspecified atom stereocenters. The lowest BCUT2D eigenvalue weighted by Gasteiger charge is -2.47. The summed E-state index contributed by atoms with van der Waals surface area (Å²) in [5.41, 5.74) is 1.63. The van der Waals surface area contributed by atoms with E-state index >= 15 is 0 Å². The largest absolute Gasteiger partial charge is 0.468 e. The summed E-state index contributed by atoms with van der Waals surface area (Å²) < 4.78 is 11.6. The molecule has 3 nitrogen and oxygen atoms in total. The molecule has 0 aliphatic carbocycles. The highest BCUT2D eigenvalue weighted by Crippen LogP contribution is 2.45. The second kappa shape index (κ2) is 8.62. The average Bonchev–Trinajstić information content (AvgIpc) is 3.12. The molecule has 0 saturated carbocycles. The Balaban J connectivity index is 1.77. The van der Waals surface area contributed by atoms with E-state index in [0.717, 1.165) is 44.6 Å². The van der Waals surface area contributed by atoms with Crippen molar-refractivity contribution in [1.82, 2.24) is 5.32 Å². The molecular formula is C24H35NO2. The van der Waals surface area contributed by atoms with Gasteiger partial charge in [-0.3, -0.25) is 0 Å². The molecule has 27 heavy (non-hydrogen) atoms. The van der Waals surface area contributed by atoms with Crippen LogP contribution in [-0.2, 0) is 17.7 Å². The summed E-state index contributed by atoms with van der Waals surface area (Å²) in [7, 11) is 0. The maximum absolute atomic E-state index is 6.08. The number of rotatable bonds is 8. The lowest BCUT2D eigenvalue weighted by Crippen LogP contribution is -2.47. The van der Waals surface area contributed by atoms with Crippen molar-refractivity contribution < 1.29 is 9.15 Å². The van der Waals surface area contributed by atoms with Crippen LogP contribution in [0.25, 0.3) is 0 Å². The lowest BCUT2D eigenvalue weighted by molar-refractivity contribution is -0.110. The van der Waals surface area contributed by atoms with Crippen LogP contribution in [0.15, 0.2) is 53.1 Å². The van der Waals surface area contributed by atoms with Crippen LogP contribution < -0.4 is 5.32 Å². The van der Waals surface area contributed by atoms with E-state index in [1.54, 1.807) is 6.26 Å². The highest BCUT2D eigenvalue weighted by Gasteiger charge is 2.42. The molecule has 1 saturated heterocycles. The Hall–Kier alpha value is -1.58. The van der Waals surface area contributed by atoms with E-state index in [1.165, 1.54) is 5.56 Å². The molecule has 0 bridgehead atoms. The van der Waals surface area contributed by atoms with Gasteiger partial charge in [-0.15, -0.1) is 0 Å². The van der Waals surface area contributed by atoms with Crippen LogP contribution in [0.4, 0.5) is 0 Å². The monoisotopic (exact) mass is 369 g/mol. The third-order valence-electron chi connectivity index (χ3n) is 5.92. The molecule has 0 radical (unpaired) electrons. The van der Waals surface area contributed by atoms with E-state index in [9.17, 15) is 0 Å². The van der Waals surface area contributed by atoms with Crippen LogP contribution in [0.5, 0.6) is 0 Å². The zero-order chi connectivity index (χ0) is 19.3. The number of furan rings is 1. The number of nitrogens with one attached hydrogen (secondary N) is 1. The van der Waals surface area contributed by atoms with E-state index in [1.807, 2.05) is 12.1 Å². The van der Waals surface area contributed by atoms with Crippen molar-refractivity contribution >= 4 is 0 Å². The first-order valence-electron chi connectivity index (χ1n) is 10.3. The van der Waals surface area contributed by atoms with Gasteiger partial charge < -0.3 is 14.5 Å². The Labute approximate surface area is 164 Å². The van der Waals surface area contributed by atoms with Gasteiger partial charge in [0.1, 0.15) is 5.76 Å². The Bertz CT molecular complexity index is 678. The maximum atomic E-state index is 6.08. The van der Waals surface area contributed by atoms with E-state index in [-0.39, 0.29) is 11.0 Å². The minimum absolute atomic E-state index is 0.0599. The van der Waals surface area contributed by atoms with Gasteiger partial charge in [0.05, 0.1) is 18.4 Å². The summed E-state index contributed by atoms with van der Waals surface area (Å²) in [6.07, 6.45) is 6.25. The fourth-order valence-electron chi connectivity index (χ4n) is 4.67. The van der Waals surface area contributed by atoms with Gasteiger partial charge in [0.25, 0.3) is 0 Å². The van der Waals surface area contributed by atoms with Gasteiger partial charge in [-0.2, -0.15) is 0 Å². The summed E-state index contributed by atoms with van der Waals surface area (Å²) in [4.78, 5) is 0. The minimum atomic E-state index is -0.0599. The molecule has 1 fully saturated rings. The summed E-state index contributed by atoms with van der Waals surface area (Å²) >= 11 is 0. The molecule has 0 spiro atoms. The second-order valence-electron chi connectivity index (χ2n) is 9.21. The zero-order valence-electron chi connectivity index (χ0n) is 17.3. The van der Waals surface area contributed by atoms with Gasteiger partial charge in [0, 0.05) is 12.6 Å². The van der Waals surface area contributed by atoms with Gasteiger partial charge in [-0.1, -0.05) is 44.2 Å². The van der Waals surface area contributed by atoms with Crippen molar-refractivity contribution in [2.24, 2.45) is 11.3 Å². The Morgan fingerprint density at radius 2 is 1.85 bits per heavy atom. The highest BCUT2D eigenvalue weighted by atomic mass is 16.5. The Morgan fingerprint density at radius 3 is 2.48 bits per heavy atom. The third-order valence-corrected chi connectivity index (χ3v) is 5.92. The molecule has 148 valence electrons. The van der Waals surface area contributed by atoms with Crippen molar-refractivity contribution in [2.45, 2.75) is 71.6 Å². The predicted molar refractivity (Wildman–Crippen MR) is 111 cm³/mol. The highest BCUT2D eigenvalue weighted by molar-refractivity contribution is 5.17. The van der Waals surface area contributed by atoms with Crippen LogP contribution in [0.2, 0.25) is 0 Å². The number of ether oxygens (including phenoxy) is 1. The van der Waals surface area contributed by atoms with E-state index in [0.29, 0.717) is 12.0 Å². The van der Waals surface area contributed by atoms with Gasteiger partial charge in [0.15, 0.2) is 0 Å². The first kappa shape index (κ1) is 20.2. The van der Waals surface area contributed by atoms with Crippen LogP contribution in [-0.4, -0.2) is 18.2 Å². The molecule has 1 aromatic heterocycles. The van der Waals surface area contributed by atoms with Crippen molar-refractivity contribution in [3.63, 3.8) is 0 Å². The van der Waals surface area contributed by atoms with Crippen molar-refractivity contribution in [1.29, 1.82) is 0 Å². The molecule has 2 aromatic rings. The maximum Gasteiger partial charge on any atom is 0.117 e. The fourth-order valence-corrected chi connectivity index (χ4v) is 4.67.